The number of piperazine rings is 1. The SMILES string of the molecule is COc1ccc(-n2nc(C)c3sc(N(C)CC(=O)N4CCN(c5ccccc5)CC4)nc32)cc1. The first kappa shape index (κ1) is 22.2. The van der Waals surface area contributed by atoms with Crippen molar-refractivity contribution in [2.75, 3.05) is 56.7 Å². The second kappa shape index (κ2) is 9.34. The molecule has 8 nitrogen and oxygen atoms in total. The molecule has 4 aromatic rings. The number of fused-ring (bicyclic) bond motifs is 1. The first-order valence-electron chi connectivity index (χ1n) is 11.3. The van der Waals surface area contributed by atoms with E-state index in [1.807, 2.05) is 58.8 Å². The van der Waals surface area contributed by atoms with E-state index >= 15 is 0 Å². The van der Waals surface area contributed by atoms with E-state index in [0.717, 1.165) is 58.8 Å². The van der Waals surface area contributed by atoms with E-state index in [-0.39, 0.29) is 5.91 Å². The lowest BCUT2D eigenvalue weighted by atomic mass is 10.2. The lowest BCUT2D eigenvalue weighted by molar-refractivity contribution is -0.129. The summed E-state index contributed by atoms with van der Waals surface area (Å²) in [7, 11) is 3.58. The average molecular weight is 477 g/mol. The molecule has 0 unspecified atom stereocenters. The van der Waals surface area contributed by atoms with Crippen LogP contribution in [0.15, 0.2) is 54.6 Å². The second-order valence-corrected chi connectivity index (χ2v) is 9.38. The number of rotatable bonds is 6. The molecule has 2 aromatic heterocycles. The lowest BCUT2D eigenvalue weighted by Gasteiger charge is -2.36. The zero-order valence-corrected chi connectivity index (χ0v) is 20.5. The van der Waals surface area contributed by atoms with Crippen LogP contribution in [0.2, 0.25) is 0 Å². The molecule has 0 atom stereocenters. The number of likely N-dealkylation sites (N-methyl/N-ethyl adjacent to an activating group) is 1. The minimum atomic E-state index is 0.128. The van der Waals surface area contributed by atoms with Crippen molar-refractivity contribution in [2.24, 2.45) is 0 Å². The fourth-order valence-electron chi connectivity index (χ4n) is 4.21. The van der Waals surface area contributed by atoms with Crippen molar-refractivity contribution in [1.82, 2.24) is 19.7 Å². The van der Waals surface area contributed by atoms with E-state index in [1.165, 1.54) is 5.69 Å². The van der Waals surface area contributed by atoms with Gasteiger partial charge in [0.25, 0.3) is 0 Å². The number of aromatic nitrogens is 3. The molecule has 0 spiro atoms. The highest BCUT2D eigenvalue weighted by molar-refractivity contribution is 7.22. The highest BCUT2D eigenvalue weighted by Crippen LogP contribution is 2.32. The van der Waals surface area contributed by atoms with Crippen LogP contribution in [0.1, 0.15) is 5.69 Å². The van der Waals surface area contributed by atoms with Crippen LogP contribution in [0, 0.1) is 6.92 Å². The largest absolute Gasteiger partial charge is 0.497 e. The van der Waals surface area contributed by atoms with Gasteiger partial charge >= 0.3 is 0 Å². The molecule has 1 saturated heterocycles. The molecular formula is C25H28N6O2S. The minimum Gasteiger partial charge on any atom is -0.497 e. The van der Waals surface area contributed by atoms with Crippen molar-refractivity contribution in [3.8, 4) is 11.4 Å². The van der Waals surface area contributed by atoms with Crippen LogP contribution in [-0.2, 0) is 4.79 Å². The molecule has 1 amide bonds. The van der Waals surface area contributed by atoms with E-state index in [1.54, 1.807) is 18.4 Å². The summed E-state index contributed by atoms with van der Waals surface area (Å²) in [6.07, 6.45) is 0. The highest BCUT2D eigenvalue weighted by atomic mass is 32.1. The maximum atomic E-state index is 13.0. The number of carbonyl (C=O) groups excluding carboxylic acids is 1. The Kier molecular flexibility index (Phi) is 6.10. The van der Waals surface area contributed by atoms with Crippen molar-refractivity contribution in [1.29, 1.82) is 0 Å². The van der Waals surface area contributed by atoms with Gasteiger partial charge in [-0.2, -0.15) is 10.1 Å². The zero-order valence-electron chi connectivity index (χ0n) is 19.6. The van der Waals surface area contributed by atoms with E-state index in [9.17, 15) is 4.79 Å². The maximum Gasteiger partial charge on any atom is 0.242 e. The Hall–Kier alpha value is -3.59. The summed E-state index contributed by atoms with van der Waals surface area (Å²) in [5.41, 5.74) is 3.86. The summed E-state index contributed by atoms with van der Waals surface area (Å²) in [6.45, 7) is 5.44. The highest BCUT2D eigenvalue weighted by Gasteiger charge is 2.24. The Morgan fingerprint density at radius 1 is 1.03 bits per heavy atom. The summed E-state index contributed by atoms with van der Waals surface area (Å²) in [6, 6.07) is 18.1. The second-order valence-electron chi connectivity index (χ2n) is 8.40. The molecule has 1 aliphatic rings. The fourth-order valence-corrected chi connectivity index (χ4v) is 5.16. The van der Waals surface area contributed by atoms with Gasteiger partial charge in [0.15, 0.2) is 10.8 Å². The summed E-state index contributed by atoms with van der Waals surface area (Å²) in [5.74, 6) is 0.925. The third-order valence-corrected chi connectivity index (χ3v) is 7.41. The maximum absolute atomic E-state index is 13.0. The molecule has 1 aliphatic heterocycles. The molecule has 0 bridgehead atoms. The monoisotopic (exact) mass is 476 g/mol. The summed E-state index contributed by atoms with van der Waals surface area (Å²) in [5, 5.41) is 5.48. The van der Waals surface area contributed by atoms with Gasteiger partial charge in [-0.1, -0.05) is 29.5 Å². The number of ether oxygens (including phenoxy) is 1. The Morgan fingerprint density at radius 2 is 1.74 bits per heavy atom. The number of nitrogens with zero attached hydrogens (tertiary/aromatic N) is 6. The molecule has 5 rings (SSSR count). The number of hydrogen-bond acceptors (Lipinski definition) is 7. The van der Waals surface area contributed by atoms with Gasteiger partial charge in [0.2, 0.25) is 5.91 Å². The van der Waals surface area contributed by atoms with E-state index in [0.29, 0.717) is 6.54 Å². The van der Waals surface area contributed by atoms with Gasteiger partial charge in [-0.25, -0.2) is 4.68 Å². The minimum absolute atomic E-state index is 0.128. The van der Waals surface area contributed by atoms with Crippen molar-refractivity contribution >= 4 is 38.4 Å². The average Bonchev–Trinajstić information content (AvgIpc) is 3.45. The summed E-state index contributed by atoms with van der Waals surface area (Å²) < 4.78 is 8.14. The molecule has 1 fully saturated rings. The molecule has 2 aromatic carbocycles. The van der Waals surface area contributed by atoms with E-state index in [4.69, 9.17) is 9.72 Å². The Labute approximate surface area is 203 Å². The van der Waals surface area contributed by atoms with Gasteiger partial charge in [0, 0.05) is 38.9 Å². The number of hydrogen-bond donors (Lipinski definition) is 0. The van der Waals surface area contributed by atoms with Gasteiger partial charge in [0.05, 0.1) is 29.7 Å². The molecule has 9 heteroatoms. The fraction of sp³-hybridized carbons (Fsp3) is 0.320. The molecule has 176 valence electrons. The van der Waals surface area contributed by atoms with Gasteiger partial charge in [-0.05, 0) is 43.3 Å². The van der Waals surface area contributed by atoms with Crippen LogP contribution < -0.4 is 14.5 Å². The molecular weight excluding hydrogens is 448 g/mol. The van der Waals surface area contributed by atoms with Crippen LogP contribution in [0.4, 0.5) is 10.8 Å². The predicted octanol–water partition coefficient (Wildman–Crippen LogP) is 3.58. The van der Waals surface area contributed by atoms with E-state index in [2.05, 4.69) is 34.3 Å². The lowest BCUT2D eigenvalue weighted by Crippen LogP contribution is -2.51. The zero-order chi connectivity index (χ0) is 23.7. The van der Waals surface area contributed by atoms with Gasteiger partial charge in [-0.15, -0.1) is 0 Å². The van der Waals surface area contributed by atoms with Crippen molar-refractivity contribution in [2.45, 2.75) is 6.92 Å². The number of benzene rings is 2. The van der Waals surface area contributed by atoms with Crippen LogP contribution in [0.25, 0.3) is 16.0 Å². The number of para-hydroxylation sites is 1. The van der Waals surface area contributed by atoms with Crippen molar-refractivity contribution in [3.05, 3.63) is 60.3 Å². The molecule has 0 radical (unpaired) electrons. The number of methoxy groups -OCH3 is 1. The Balaban J connectivity index is 1.26. The number of amides is 1. The third-order valence-electron chi connectivity index (χ3n) is 6.15. The number of aryl methyl sites for hydroxylation is 1. The predicted molar refractivity (Wildman–Crippen MR) is 137 cm³/mol. The summed E-state index contributed by atoms with van der Waals surface area (Å²) >= 11 is 1.57. The standard InChI is InChI=1S/C25H28N6O2S/c1-18-23-24(31(27-18)20-9-11-21(33-3)12-10-20)26-25(34-23)28(2)17-22(32)30-15-13-29(14-16-30)19-7-5-4-6-8-19/h4-12H,13-17H2,1-3H3. The molecule has 0 saturated carbocycles. The quantitative estimate of drug-likeness (QED) is 0.424. The molecule has 34 heavy (non-hydrogen) atoms. The van der Waals surface area contributed by atoms with E-state index < -0.39 is 0 Å². The van der Waals surface area contributed by atoms with Gasteiger partial charge < -0.3 is 19.4 Å². The van der Waals surface area contributed by atoms with Crippen LogP contribution >= 0.6 is 11.3 Å². The van der Waals surface area contributed by atoms with Crippen molar-refractivity contribution < 1.29 is 9.53 Å². The Bertz CT molecular complexity index is 1280. The number of anilines is 2. The first-order chi connectivity index (χ1) is 16.5. The van der Waals surface area contributed by atoms with Crippen LogP contribution in [0.3, 0.4) is 0 Å². The normalized spacial score (nSPS) is 14.0. The first-order valence-corrected chi connectivity index (χ1v) is 12.1. The topological polar surface area (TPSA) is 66.7 Å². The smallest absolute Gasteiger partial charge is 0.242 e. The number of carbonyl (C=O) groups is 1. The molecule has 3 heterocycles. The molecule has 0 N–H and O–H groups in total. The summed E-state index contributed by atoms with van der Waals surface area (Å²) in [4.78, 5) is 24.1. The Morgan fingerprint density at radius 3 is 2.41 bits per heavy atom. The third kappa shape index (κ3) is 4.31. The van der Waals surface area contributed by atoms with Crippen LogP contribution in [0.5, 0.6) is 5.75 Å². The molecule has 0 aliphatic carbocycles. The number of thiazole rings is 1. The van der Waals surface area contributed by atoms with Crippen molar-refractivity contribution in [3.63, 3.8) is 0 Å². The van der Waals surface area contributed by atoms with Gasteiger partial charge in [-0.3, -0.25) is 4.79 Å². The van der Waals surface area contributed by atoms with Crippen LogP contribution in [-0.4, -0.2) is 72.5 Å². The van der Waals surface area contributed by atoms with Gasteiger partial charge in [0.1, 0.15) is 5.75 Å².